The zero-order valence-corrected chi connectivity index (χ0v) is 15.8. The molecule has 1 saturated heterocycles. The minimum Gasteiger partial charge on any atom is -0.346 e. The molecule has 132 valence electrons. The van der Waals surface area contributed by atoms with Crippen molar-refractivity contribution in [2.24, 2.45) is 0 Å². The van der Waals surface area contributed by atoms with Crippen LogP contribution in [0.5, 0.6) is 0 Å². The molecule has 0 atom stereocenters. The van der Waals surface area contributed by atoms with Gasteiger partial charge in [-0.1, -0.05) is 54.1 Å². The average Bonchev–Trinajstić information content (AvgIpc) is 3.07. The lowest BCUT2D eigenvalue weighted by Crippen LogP contribution is -2.32. The highest BCUT2D eigenvalue weighted by Gasteiger charge is 2.35. The first-order valence-electron chi connectivity index (χ1n) is 9.36. The topological polar surface area (TPSA) is 6.48 Å². The molecule has 1 fully saturated rings. The van der Waals surface area contributed by atoms with Crippen LogP contribution in [0, 0.1) is 20.8 Å². The molecule has 26 heavy (non-hydrogen) atoms. The molecule has 2 nitrogen and oxygen atoms in total. The van der Waals surface area contributed by atoms with E-state index in [1.54, 1.807) is 0 Å². The predicted molar refractivity (Wildman–Crippen MR) is 111 cm³/mol. The number of benzene rings is 3. The van der Waals surface area contributed by atoms with Gasteiger partial charge < -0.3 is 9.80 Å². The first-order valence-corrected chi connectivity index (χ1v) is 9.36. The smallest absolute Gasteiger partial charge is 0.129 e. The van der Waals surface area contributed by atoms with Crippen LogP contribution in [-0.4, -0.2) is 13.1 Å². The quantitative estimate of drug-likeness (QED) is 0.608. The Labute approximate surface area is 156 Å². The lowest BCUT2D eigenvalue weighted by atomic mass is 9.96. The highest BCUT2D eigenvalue weighted by Crippen LogP contribution is 2.40. The average molecular weight is 342 g/mol. The summed E-state index contributed by atoms with van der Waals surface area (Å²) in [5, 5.41) is 0. The fourth-order valence-electron chi connectivity index (χ4n) is 4.32. The molecule has 0 radical (unpaired) electrons. The molecule has 0 aliphatic carbocycles. The molecule has 2 heteroatoms. The molecule has 0 N–H and O–H groups in total. The monoisotopic (exact) mass is 342 g/mol. The van der Waals surface area contributed by atoms with E-state index in [-0.39, 0.29) is 6.17 Å². The number of rotatable bonds is 3. The summed E-state index contributed by atoms with van der Waals surface area (Å²) in [6.45, 7) is 8.73. The summed E-state index contributed by atoms with van der Waals surface area (Å²) < 4.78 is 0. The van der Waals surface area contributed by atoms with Crippen LogP contribution < -0.4 is 9.80 Å². The van der Waals surface area contributed by atoms with E-state index in [1.165, 1.54) is 33.6 Å². The number of aryl methyl sites for hydroxylation is 3. The second-order valence-corrected chi connectivity index (χ2v) is 7.24. The van der Waals surface area contributed by atoms with Crippen LogP contribution in [0.25, 0.3) is 0 Å². The number of hydrogen-bond acceptors (Lipinski definition) is 2. The number of para-hydroxylation sites is 2. The van der Waals surface area contributed by atoms with Gasteiger partial charge in [-0.25, -0.2) is 0 Å². The van der Waals surface area contributed by atoms with Crippen molar-refractivity contribution in [1.82, 2.24) is 0 Å². The number of hydrogen-bond donors (Lipinski definition) is 0. The third-order valence-electron chi connectivity index (χ3n) is 5.34. The zero-order valence-electron chi connectivity index (χ0n) is 15.8. The summed E-state index contributed by atoms with van der Waals surface area (Å²) in [5.74, 6) is 0. The van der Waals surface area contributed by atoms with E-state index in [0.29, 0.717) is 0 Å². The second-order valence-electron chi connectivity index (χ2n) is 7.24. The van der Waals surface area contributed by atoms with E-state index >= 15 is 0 Å². The maximum absolute atomic E-state index is 2.54. The molecule has 0 amide bonds. The summed E-state index contributed by atoms with van der Waals surface area (Å²) in [4.78, 5) is 5.08. The van der Waals surface area contributed by atoms with E-state index in [4.69, 9.17) is 0 Å². The number of nitrogens with zero attached hydrogens (tertiary/aromatic N) is 2. The first kappa shape index (κ1) is 16.7. The molecule has 4 rings (SSSR count). The summed E-state index contributed by atoms with van der Waals surface area (Å²) in [6.07, 6.45) is 0.223. The van der Waals surface area contributed by atoms with Gasteiger partial charge in [-0.05, 0) is 56.2 Å². The van der Waals surface area contributed by atoms with Crippen LogP contribution in [0.2, 0.25) is 0 Å². The van der Waals surface area contributed by atoms with Gasteiger partial charge in [-0.2, -0.15) is 0 Å². The molecule has 1 aliphatic heterocycles. The summed E-state index contributed by atoms with van der Waals surface area (Å²) in [5.41, 5.74) is 8.08. The fraction of sp³-hybridized carbons (Fsp3) is 0.250. The van der Waals surface area contributed by atoms with Crippen molar-refractivity contribution in [2.75, 3.05) is 22.9 Å². The van der Waals surface area contributed by atoms with E-state index in [1.807, 2.05) is 0 Å². The van der Waals surface area contributed by atoms with E-state index < -0.39 is 0 Å². The minimum absolute atomic E-state index is 0.223. The summed E-state index contributed by atoms with van der Waals surface area (Å²) in [7, 11) is 0. The van der Waals surface area contributed by atoms with Gasteiger partial charge in [0, 0.05) is 30.0 Å². The Balaban J connectivity index is 1.85. The van der Waals surface area contributed by atoms with Crippen LogP contribution in [0.4, 0.5) is 11.4 Å². The van der Waals surface area contributed by atoms with Crippen molar-refractivity contribution < 1.29 is 0 Å². The van der Waals surface area contributed by atoms with Gasteiger partial charge in [0.2, 0.25) is 0 Å². The Hall–Kier alpha value is -2.74. The lowest BCUT2D eigenvalue weighted by Gasteiger charge is -2.35. The molecule has 0 saturated carbocycles. The third kappa shape index (κ3) is 2.96. The van der Waals surface area contributed by atoms with Gasteiger partial charge in [0.15, 0.2) is 0 Å². The van der Waals surface area contributed by atoms with Crippen LogP contribution in [0.1, 0.15) is 28.4 Å². The maximum Gasteiger partial charge on any atom is 0.129 e. The predicted octanol–water partition coefficient (Wildman–Crippen LogP) is 5.64. The zero-order chi connectivity index (χ0) is 18.1. The Morgan fingerprint density at radius 1 is 0.654 bits per heavy atom. The normalized spacial score (nSPS) is 14.9. The molecule has 0 bridgehead atoms. The van der Waals surface area contributed by atoms with E-state index in [2.05, 4.69) is 103 Å². The second kappa shape index (κ2) is 6.87. The van der Waals surface area contributed by atoms with Gasteiger partial charge in [0.1, 0.15) is 6.17 Å². The summed E-state index contributed by atoms with van der Waals surface area (Å²) >= 11 is 0. The summed E-state index contributed by atoms with van der Waals surface area (Å²) in [6, 6.07) is 26.2. The Bertz CT molecular complexity index is 816. The number of anilines is 2. The largest absolute Gasteiger partial charge is 0.346 e. The lowest BCUT2D eigenvalue weighted by molar-refractivity contribution is 0.707. The highest BCUT2D eigenvalue weighted by atomic mass is 15.4. The van der Waals surface area contributed by atoms with Gasteiger partial charge in [0.25, 0.3) is 0 Å². The van der Waals surface area contributed by atoms with Crippen LogP contribution in [0.15, 0.2) is 72.8 Å². The molecular formula is C24H26N2. The van der Waals surface area contributed by atoms with Crippen molar-refractivity contribution in [3.8, 4) is 0 Å². The molecule has 3 aromatic carbocycles. The van der Waals surface area contributed by atoms with Crippen molar-refractivity contribution in [3.63, 3.8) is 0 Å². The van der Waals surface area contributed by atoms with Gasteiger partial charge in [0.05, 0.1) is 0 Å². The van der Waals surface area contributed by atoms with E-state index in [9.17, 15) is 0 Å². The molecule has 3 aromatic rings. The minimum atomic E-state index is 0.223. The molecule has 0 aromatic heterocycles. The third-order valence-corrected chi connectivity index (χ3v) is 5.34. The van der Waals surface area contributed by atoms with Gasteiger partial charge in [-0.15, -0.1) is 0 Å². The van der Waals surface area contributed by atoms with Crippen molar-refractivity contribution in [2.45, 2.75) is 26.9 Å². The molecule has 1 aliphatic rings. The molecule has 0 unspecified atom stereocenters. The molecule has 0 spiro atoms. The SMILES string of the molecule is Cc1cc(C)c(C2N(c3ccccc3)CCN2c2ccccc2)c(C)c1. The first-order chi connectivity index (χ1) is 12.6. The van der Waals surface area contributed by atoms with Crippen molar-refractivity contribution >= 4 is 11.4 Å². The Morgan fingerprint density at radius 3 is 1.50 bits per heavy atom. The van der Waals surface area contributed by atoms with Gasteiger partial charge >= 0.3 is 0 Å². The van der Waals surface area contributed by atoms with Crippen LogP contribution in [-0.2, 0) is 0 Å². The fourth-order valence-corrected chi connectivity index (χ4v) is 4.32. The van der Waals surface area contributed by atoms with Crippen molar-refractivity contribution in [1.29, 1.82) is 0 Å². The van der Waals surface area contributed by atoms with E-state index in [0.717, 1.165) is 13.1 Å². The Morgan fingerprint density at radius 2 is 1.08 bits per heavy atom. The van der Waals surface area contributed by atoms with Crippen molar-refractivity contribution in [3.05, 3.63) is 95.1 Å². The Kier molecular flexibility index (Phi) is 4.42. The van der Waals surface area contributed by atoms with Crippen LogP contribution in [0.3, 0.4) is 0 Å². The standard InChI is InChI=1S/C24H26N2/c1-18-16-19(2)23(20(3)17-18)24-25(21-10-6-4-7-11-21)14-15-26(24)22-12-8-5-9-13-22/h4-13,16-17,24H,14-15H2,1-3H3. The molecular weight excluding hydrogens is 316 g/mol. The van der Waals surface area contributed by atoms with Crippen LogP contribution >= 0.6 is 0 Å². The molecule has 1 heterocycles. The maximum atomic E-state index is 2.54. The highest BCUT2D eigenvalue weighted by molar-refractivity contribution is 5.60. The van der Waals surface area contributed by atoms with Gasteiger partial charge in [-0.3, -0.25) is 0 Å².